The minimum absolute atomic E-state index is 0.102. The molecule has 0 aliphatic rings. The number of hydrazone groups is 1. The number of anilines is 1. The monoisotopic (exact) mass is 435 g/mol. The summed E-state index contributed by atoms with van der Waals surface area (Å²) in [5, 5.41) is 6.59. The number of carbonyl (C=O) groups is 2. The molecule has 0 radical (unpaired) electrons. The smallest absolute Gasteiger partial charge is 0.274 e. The second-order valence-electron chi connectivity index (χ2n) is 6.79. The summed E-state index contributed by atoms with van der Waals surface area (Å²) in [5.74, 6) is -0.838. The van der Waals surface area contributed by atoms with E-state index in [4.69, 9.17) is 9.47 Å². The maximum atomic E-state index is 13.6. The van der Waals surface area contributed by atoms with Gasteiger partial charge in [0.1, 0.15) is 5.82 Å². The van der Waals surface area contributed by atoms with Gasteiger partial charge < -0.3 is 14.8 Å². The molecule has 164 valence electrons. The average Bonchev–Trinajstić information content (AvgIpc) is 2.79. The van der Waals surface area contributed by atoms with E-state index in [0.29, 0.717) is 22.7 Å². The van der Waals surface area contributed by atoms with E-state index in [-0.39, 0.29) is 18.1 Å². The van der Waals surface area contributed by atoms with Crippen molar-refractivity contribution in [3.63, 3.8) is 0 Å². The number of amides is 2. The minimum atomic E-state index is -0.661. The topological polar surface area (TPSA) is 89.0 Å². The second kappa shape index (κ2) is 10.7. The van der Waals surface area contributed by atoms with Crippen LogP contribution in [0.25, 0.3) is 0 Å². The van der Waals surface area contributed by atoms with E-state index in [2.05, 4.69) is 15.8 Å². The summed E-state index contributed by atoms with van der Waals surface area (Å²) in [6.07, 6.45) is 1.38. The van der Waals surface area contributed by atoms with Crippen LogP contribution in [0.15, 0.2) is 71.8 Å². The summed E-state index contributed by atoms with van der Waals surface area (Å²) in [5.41, 5.74) is 4.55. The molecule has 0 fully saturated rings. The van der Waals surface area contributed by atoms with Crippen molar-refractivity contribution in [1.82, 2.24) is 5.43 Å². The van der Waals surface area contributed by atoms with Crippen molar-refractivity contribution >= 4 is 23.7 Å². The van der Waals surface area contributed by atoms with E-state index in [9.17, 15) is 14.0 Å². The number of nitrogens with zero attached hydrogens (tertiary/aromatic N) is 1. The third-order valence-electron chi connectivity index (χ3n) is 4.38. The van der Waals surface area contributed by atoms with Gasteiger partial charge in [-0.25, -0.2) is 9.82 Å². The van der Waals surface area contributed by atoms with E-state index < -0.39 is 11.7 Å². The minimum Gasteiger partial charge on any atom is -0.493 e. The molecular formula is C24H22FN3O4. The SMILES string of the molecule is COc1cc(/C=N/NC(=O)c2ccccc2F)ccc1OCC(=O)Nc1ccc(C)cc1. The molecule has 7 nitrogen and oxygen atoms in total. The third kappa shape index (κ3) is 6.15. The van der Waals surface area contributed by atoms with Gasteiger partial charge in [-0.3, -0.25) is 9.59 Å². The fraction of sp³-hybridized carbons (Fsp3) is 0.125. The Balaban J connectivity index is 1.57. The Kier molecular flexibility index (Phi) is 7.53. The van der Waals surface area contributed by atoms with E-state index in [1.165, 1.54) is 31.5 Å². The number of benzene rings is 3. The zero-order chi connectivity index (χ0) is 22.9. The number of halogens is 1. The van der Waals surface area contributed by atoms with Gasteiger partial charge in [-0.1, -0.05) is 29.8 Å². The van der Waals surface area contributed by atoms with Crippen molar-refractivity contribution in [2.45, 2.75) is 6.92 Å². The van der Waals surface area contributed by atoms with Gasteiger partial charge in [0.15, 0.2) is 18.1 Å². The Bertz CT molecular complexity index is 1130. The number of hydrogen-bond acceptors (Lipinski definition) is 5. The molecule has 8 heteroatoms. The Morgan fingerprint density at radius 3 is 2.50 bits per heavy atom. The molecule has 0 aromatic heterocycles. The van der Waals surface area contributed by atoms with Gasteiger partial charge in [-0.15, -0.1) is 0 Å². The molecule has 0 aliphatic heterocycles. The summed E-state index contributed by atoms with van der Waals surface area (Å²) < 4.78 is 24.5. The van der Waals surface area contributed by atoms with Crippen LogP contribution in [0.5, 0.6) is 11.5 Å². The van der Waals surface area contributed by atoms with Gasteiger partial charge in [-0.2, -0.15) is 5.10 Å². The van der Waals surface area contributed by atoms with Gasteiger partial charge >= 0.3 is 0 Å². The summed E-state index contributed by atoms with van der Waals surface area (Å²) in [4.78, 5) is 24.1. The normalized spacial score (nSPS) is 10.6. The lowest BCUT2D eigenvalue weighted by Gasteiger charge is -2.11. The van der Waals surface area contributed by atoms with Crippen LogP contribution < -0.4 is 20.2 Å². The van der Waals surface area contributed by atoms with Crippen molar-refractivity contribution in [2.75, 3.05) is 19.0 Å². The zero-order valence-electron chi connectivity index (χ0n) is 17.6. The summed E-state index contributed by atoms with van der Waals surface area (Å²) in [6.45, 7) is 1.77. The molecule has 3 aromatic rings. The van der Waals surface area contributed by atoms with Gasteiger partial charge in [-0.05, 0) is 55.0 Å². The first kappa shape index (κ1) is 22.5. The standard InChI is InChI=1S/C24H22FN3O4/c1-16-7-10-18(11-8-16)27-23(29)15-32-21-12-9-17(13-22(21)31-2)14-26-28-24(30)19-5-3-4-6-20(19)25/h3-14H,15H2,1-2H3,(H,27,29)(H,28,30)/b26-14+. The molecule has 0 atom stereocenters. The lowest BCUT2D eigenvalue weighted by molar-refractivity contribution is -0.118. The molecule has 0 heterocycles. The van der Waals surface area contributed by atoms with Crippen LogP contribution in [0, 0.1) is 12.7 Å². The number of hydrogen-bond donors (Lipinski definition) is 2. The predicted molar refractivity (Wildman–Crippen MR) is 120 cm³/mol. The number of ether oxygens (including phenoxy) is 2. The van der Waals surface area contributed by atoms with Crippen LogP contribution in [-0.4, -0.2) is 31.7 Å². The molecule has 0 saturated carbocycles. The Morgan fingerprint density at radius 1 is 1.03 bits per heavy atom. The molecule has 2 N–H and O–H groups in total. The molecule has 0 unspecified atom stereocenters. The summed E-state index contributed by atoms with van der Waals surface area (Å²) in [7, 11) is 1.47. The molecule has 2 amide bonds. The summed E-state index contributed by atoms with van der Waals surface area (Å²) >= 11 is 0. The molecule has 0 saturated heterocycles. The first-order chi connectivity index (χ1) is 15.5. The molecule has 0 spiro atoms. The Morgan fingerprint density at radius 2 is 1.78 bits per heavy atom. The first-order valence-electron chi connectivity index (χ1n) is 9.71. The lowest BCUT2D eigenvalue weighted by atomic mass is 10.2. The number of methoxy groups -OCH3 is 1. The highest BCUT2D eigenvalue weighted by Crippen LogP contribution is 2.27. The van der Waals surface area contributed by atoms with Crippen molar-refractivity contribution in [2.24, 2.45) is 5.10 Å². The predicted octanol–water partition coefficient (Wildman–Crippen LogP) is 3.92. The van der Waals surface area contributed by atoms with Crippen LogP contribution in [-0.2, 0) is 4.79 Å². The van der Waals surface area contributed by atoms with E-state index in [0.717, 1.165) is 5.56 Å². The van der Waals surface area contributed by atoms with Crippen LogP contribution in [0.4, 0.5) is 10.1 Å². The van der Waals surface area contributed by atoms with E-state index in [1.54, 1.807) is 24.3 Å². The van der Waals surface area contributed by atoms with Crippen molar-refractivity contribution in [1.29, 1.82) is 0 Å². The molecular weight excluding hydrogens is 413 g/mol. The fourth-order valence-corrected chi connectivity index (χ4v) is 2.73. The van der Waals surface area contributed by atoms with Crippen molar-refractivity contribution in [3.05, 3.63) is 89.2 Å². The van der Waals surface area contributed by atoms with E-state index >= 15 is 0 Å². The van der Waals surface area contributed by atoms with Crippen molar-refractivity contribution < 1.29 is 23.5 Å². The summed E-state index contributed by atoms with van der Waals surface area (Å²) in [6, 6.07) is 18.0. The van der Waals surface area contributed by atoms with Gasteiger partial charge in [0.25, 0.3) is 11.8 Å². The number of carbonyl (C=O) groups excluding carboxylic acids is 2. The first-order valence-corrected chi connectivity index (χ1v) is 9.71. The highest BCUT2D eigenvalue weighted by Gasteiger charge is 2.10. The quantitative estimate of drug-likeness (QED) is 0.415. The molecule has 3 rings (SSSR count). The second-order valence-corrected chi connectivity index (χ2v) is 6.79. The van der Waals surface area contributed by atoms with Crippen LogP contribution in [0.3, 0.4) is 0 Å². The van der Waals surface area contributed by atoms with Gasteiger partial charge in [0.05, 0.1) is 18.9 Å². The molecule has 0 bridgehead atoms. The largest absolute Gasteiger partial charge is 0.493 e. The maximum absolute atomic E-state index is 13.6. The Hall–Kier alpha value is -4.20. The highest BCUT2D eigenvalue weighted by atomic mass is 19.1. The van der Waals surface area contributed by atoms with Crippen LogP contribution in [0.2, 0.25) is 0 Å². The molecule has 0 aliphatic carbocycles. The van der Waals surface area contributed by atoms with Crippen LogP contribution in [0.1, 0.15) is 21.5 Å². The van der Waals surface area contributed by atoms with E-state index in [1.807, 2.05) is 31.2 Å². The molecule has 3 aromatic carbocycles. The third-order valence-corrected chi connectivity index (χ3v) is 4.38. The lowest BCUT2D eigenvalue weighted by Crippen LogP contribution is -2.20. The zero-order valence-corrected chi connectivity index (χ0v) is 17.6. The fourth-order valence-electron chi connectivity index (χ4n) is 2.73. The molecule has 32 heavy (non-hydrogen) atoms. The van der Waals surface area contributed by atoms with Crippen LogP contribution >= 0.6 is 0 Å². The number of aryl methyl sites for hydroxylation is 1. The van der Waals surface area contributed by atoms with Gasteiger partial charge in [0.2, 0.25) is 0 Å². The van der Waals surface area contributed by atoms with Gasteiger partial charge in [0, 0.05) is 5.69 Å². The highest BCUT2D eigenvalue weighted by molar-refractivity contribution is 5.95. The average molecular weight is 435 g/mol. The maximum Gasteiger partial charge on any atom is 0.274 e. The Labute approximate surface area is 184 Å². The van der Waals surface area contributed by atoms with Crippen molar-refractivity contribution in [3.8, 4) is 11.5 Å². The number of nitrogens with one attached hydrogen (secondary N) is 2. The number of rotatable bonds is 8.